The highest BCUT2D eigenvalue weighted by atomic mass is 16.5. The Hall–Kier alpha value is -2.91. The van der Waals surface area contributed by atoms with E-state index in [4.69, 9.17) is 9.47 Å². The van der Waals surface area contributed by atoms with Crippen LogP contribution in [0.25, 0.3) is 0 Å². The van der Waals surface area contributed by atoms with E-state index in [9.17, 15) is 24.0 Å². The van der Waals surface area contributed by atoms with Crippen molar-refractivity contribution in [1.29, 1.82) is 0 Å². The molecule has 0 bridgehead atoms. The van der Waals surface area contributed by atoms with Crippen molar-refractivity contribution in [2.24, 2.45) is 14.1 Å². The molecular weight excluding hydrogens is 358 g/mol. The first-order valence-corrected chi connectivity index (χ1v) is 8.51. The number of ether oxygens (including phenoxy) is 2. The van der Waals surface area contributed by atoms with Crippen LogP contribution in [0, 0.1) is 6.92 Å². The zero-order chi connectivity index (χ0) is 20.7. The Balaban J connectivity index is 3.23. The molecule has 150 valence electrons. The van der Waals surface area contributed by atoms with Gasteiger partial charge in [0.05, 0.1) is 24.7 Å². The minimum atomic E-state index is -1.21. The van der Waals surface area contributed by atoms with Crippen LogP contribution >= 0.6 is 0 Å². The number of hydrogen-bond donors (Lipinski definition) is 1. The van der Waals surface area contributed by atoms with Crippen LogP contribution in [0.2, 0.25) is 0 Å². The van der Waals surface area contributed by atoms with Crippen molar-refractivity contribution >= 4 is 17.8 Å². The second-order valence-electron chi connectivity index (χ2n) is 5.80. The lowest BCUT2D eigenvalue weighted by atomic mass is 9.94. The van der Waals surface area contributed by atoms with Gasteiger partial charge in [-0.05, 0) is 20.8 Å². The average Bonchev–Trinajstić information content (AvgIpc) is 2.62. The Morgan fingerprint density at radius 1 is 1.04 bits per heavy atom. The van der Waals surface area contributed by atoms with Crippen LogP contribution < -0.4 is 16.6 Å². The van der Waals surface area contributed by atoms with Gasteiger partial charge in [0.1, 0.15) is 6.54 Å². The fourth-order valence-electron chi connectivity index (χ4n) is 2.56. The maximum absolute atomic E-state index is 12.6. The molecule has 1 amide bonds. The van der Waals surface area contributed by atoms with E-state index in [0.717, 1.165) is 4.57 Å². The number of nitrogens with one attached hydrogen (secondary N) is 1. The highest BCUT2D eigenvalue weighted by Gasteiger charge is 2.31. The number of carbonyl (C=O) groups is 3. The first-order chi connectivity index (χ1) is 12.6. The van der Waals surface area contributed by atoms with Crippen molar-refractivity contribution in [1.82, 2.24) is 14.5 Å². The highest BCUT2D eigenvalue weighted by molar-refractivity contribution is 5.88. The van der Waals surface area contributed by atoms with E-state index in [1.165, 1.54) is 25.6 Å². The fraction of sp³-hybridized carbons (Fsp3) is 0.588. The van der Waals surface area contributed by atoms with E-state index in [0.29, 0.717) is 0 Å². The Bertz CT molecular complexity index is 838. The lowest BCUT2D eigenvalue weighted by Crippen LogP contribution is -2.43. The largest absolute Gasteiger partial charge is 0.466 e. The summed E-state index contributed by atoms with van der Waals surface area (Å²) < 4.78 is 11.8. The normalized spacial score (nSPS) is 11.6. The van der Waals surface area contributed by atoms with Crippen LogP contribution in [0.1, 0.15) is 37.4 Å². The van der Waals surface area contributed by atoms with Crippen LogP contribution in [0.15, 0.2) is 9.59 Å². The van der Waals surface area contributed by atoms with Gasteiger partial charge in [-0.15, -0.1) is 0 Å². The van der Waals surface area contributed by atoms with Crippen molar-refractivity contribution in [3.8, 4) is 0 Å². The smallest absolute Gasteiger partial charge is 0.330 e. The highest BCUT2D eigenvalue weighted by Crippen LogP contribution is 2.21. The molecule has 1 N–H and O–H groups in total. The number of rotatable bonds is 8. The van der Waals surface area contributed by atoms with Crippen LogP contribution in [0.4, 0.5) is 0 Å². The molecule has 0 aliphatic heterocycles. The molecule has 10 nitrogen and oxygen atoms in total. The molecule has 1 aromatic heterocycles. The van der Waals surface area contributed by atoms with Gasteiger partial charge < -0.3 is 19.4 Å². The van der Waals surface area contributed by atoms with Crippen LogP contribution in [0.3, 0.4) is 0 Å². The molecule has 0 unspecified atom stereocenters. The van der Waals surface area contributed by atoms with E-state index >= 15 is 0 Å². The monoisotopic (exact) mass is 383 g/mol. The zero-order valence-corrected chi connectivity index (χ0v) is 16.2. The predicted molar refractivity (Wildman–Crippen MR) is 95.3 cm³/mol. The van der Waals surface area contributed by atoms with Gasteiger partial charge in [0, 0.05) is 26.2 Å². The van der Waals surface area contributed by atoms with Crippen molar-refractivity contribution < 1.29 is 23.9 Å². The molecule has 0 saturated carbocycles. The number of esters is 2. The lowest BCUT2D eigenvalue weighted by molar-refractivity contribution is -0.146. The summed E-state index contributed by atoms with van der Waals surface area (Å²) in [5, 5.41) is 2.35. The summed E-state index contributed by atoms with van der Waals surface area (Å²) in [6.07, 6.45) is -0.410. The quantitative estimate of drug-likeness (QED) is 0.577. The Morgan fingerprint density at radius 3 is 2.19 bits per heavy atom. The molecule has 10 heteroatoms. The van der Waals surface area contributed by atoms with Gasteiger partial charge in [-0.25, -0.2) is 4.79 Å². The van der Waals surface area contributed by atoms with Gasteiger partial charge in [-0.1, -0.05) is 0 Å². The molecule has 0 aliphatic carbocycles. The molecule has 0 radical (unpaired) electrons. The number of aromatic nitrogens is 2. The summed E-state index contributed by atoms with van der Waals surface area (Å²) in [5.74, 6) is -3.22. The predicted octanol–water partition coefficient (Wildman–Crippen LogP) is -0.891. The summed E-state index contributed by atoms with van der Waals surface area (Å²) >= 11 is 0. The Morgan fingerprint density at radius 2 is 1.63 bits per heavy atom. The molecule has 0 aliphatic rings. The fourth-order valence-corrected chi connectivity index (χ4v) is 2.56. The molecule has 1 rings (SSSR count). The van der Waals surface area contributed by atoms with E-state index in [1.807, 2.05) is 0 Å². The minimum Gasteiger partial charge on any atom is -0.466 e. The van der Waals surface area contributed by atoms with Crippen LogP contribution in [-0.4, -0.2) is 46.7 Å². The molecule has 1 atom stereocenters. The maximum atomic E-state index is 12.6. The average molecular weight is 383 g/mol. The van der Waals surface area contributed by atoms with Gasteiger partial charge in [0.25, 0.3) is 5.56 Å². The Kier molecular flexibility index (Phi) is 7.95. The van der Waals surface area contributed by atoms with E-state index in [2.05, 4.69) is 5.32 Å². The summed E-state index contributed by atoms with van der Waals surface area (Å²) in [4.78, 5) is 60.6. The zero-order valence-electron chi connectivity index (χ0n) is 16.2. The Labute approximate surface area is 156 Å². The van der Waals surface area contributed by atoms with Crippen molar-refractivity contribution in [2.45, 2.75) is 33.1 Å². The van der Waals surface area contributed by atoms with Gasteiger partial charge in [0.2, 0.25) is 5.91 Å². The summed E-state index contributed by atoms with van der Waals surface area (Å²) in [5.41, 5.74) is -0.953. The summed E-state index contributed by atoms with van der Waals surface area (Å²) in [6.45, 7) is 4.63. The SMILES string of the molecule is CCOC(=O)CNC(=O)C[C@H](C(=O)OCC)c1c(C)n(C)c(=O)n(C)c1=O. The van der Waals surface area contributed by atoms with Gasteiger partial charge >= 0.3 is 17.6 Å². The number of nitrogens with zero attached hydrogens (tertiary/aromatic N) is 2. The first kappa shape index (κ1) is 22.1. The molecule has 1 aromatic rings. The van der Waals surface area contributed by atoms with E-state index in [1.54, 1.807) is 13.8 Å². The van der Waals surface area contributed by atoms with Gasteiger partial charge in [-0.3, -0.25) is 23.7 Å². The summed E-state index contributed by atoms with van der Waals surface area (Å²) in [6, 6.07) is 0. The minimum absolute atomic E-state index is 0.00401. The molecule has 1 heterocycles. The second kappa shape index (κ2) is 9.70. The maximum Gasteiger partial charge on any atom is 0.330 e. The second-order valence-corrected chi connectivity index (χ2v) is 5.80. The van der Waals surface area contributed by atoms with Crippen LogP contribution in [-0.2, 0) is 38.0 Å². The topological polar surface area (TPSA) is 126 Å². The van der Waals surface area contributed by atoms with Gasteiger partial charge in [0.15, 0.2) is 0 Å². The van der Waals surface area contributed by atoms with Crippen molar-refractivity contribution in [2.75, 3.05) is 19.8 Å². The summed E-state index contributed by atoms with van der Waals surface area (Å²) in [7, 11) is 2.75. The molecule has 0 spiro atoms. The molecule has 0 fully saturated rings. The third kappa shape index (κ3) is 5.28. The van der Waals surface area contributed by atoms with Crippen LogP contribution in [0.5, 0.6) is 0 Å². The molecular formula is C17H25N3O7. The number of hydrogen-bond acceptors (Lipinski definition) is 7. The van der Waals surface area contributed by atoms with Crippen molar-refractivity contribution in [3.63, 3.8) is 0 Å². The van der Waals surface area contributed by atoms with E-state index < -0.39 is 41.4 Å². The third-order valence-electron chi connectivity index (χ3n) is 4.05. The first-order valence-electron chi connectivity index (χ1n) is 8.51. The van der Waals surface area contributed by atoms with E-state index in [-0.39, 0.29) is 31.0 Å². The number of amides is 1. The van der Waals surface area contributed by atoms with Gasteiger partial charge in [-0.2, -0.15) is 0 Å². The number of carbonyl (C=O) groups excluding carboxylic acids is 3. The lowest BCUT2D eigenvalue weighted by Gasteiger charge is -2.19. The molecule has 0 aromatic carbocycles. The molecule has 0 saturated heterocycles. The molecule has 27 heavy (non-hydrogen) atoms. The van der Waals surface area contributed by atoms with Crippen molar-refractivity contribution in [3.05, 3.63) is 32.1 Å². The third-order valence-corrected chi connectivity index (χ3v) is 4.05. The standard InChI is InChI=1S/C17H25N3O7/c1-6-26-13(22)9-18-12(21)8-11(16(24)27-7-2)14-10(3)19(4)17(25)20(5)15(14)23/h11H,6-9H2,1-5H3,(H,18,21)/t11-/m0/s1.